The molecular formula is C15H15BrF2N2. The van der Waals surface area contributed by atoms with Gasteiger partial charge in [0.05, 0.1) is 6.04 Å². The molecule has 0 aromatic heterocycles. The Morgan fingerprint density at radius 1 is 1.15 bits per heavy atom. The number of nitrogens with one attached hydrogen (secondary N) is 1. The zero-order valence-corrected chi connectivity index (χ0v) is 12.5. The lowest BCUT2D eigenvalue weighted by molar-refractivity contribution is 0.502. The molecule has 0 fully saturated rings. The summed E-state index contributed by atoms with van der Waals surface area (Å²) in [5.41, 5.74) is 5.49. The summed E-state index contributed by atoms with van der Waals surface area (Å²) in [5, 5.41) is 0. The number of benzene rings is 2. The summed E-state index contributed by atoms with van der Waals surface area (Å²) < 4.78 is 27.1. The predicted molar refractivity (Wildman–Crippen MR) is 79.0 cm³/mol. The van der Waals surface area contributed by atoms with Crippen LogP contribution in [-0.4, -0.2) is 0 Å². The molecule has 0 aliphatic heterocycles. The highest BCUT2D eigenvalue weighted by Gasteiger charge is 2.13. The number of halogens is 3. The van der Waals surface area contributed by atoms with Gasteiger partial charge >= 0.3 is 0 Å². The molecule has 20 heavy (non-hydrogen) atoms. The van der Waals surface area contributed by atoms with Gasteiger partial charge in [0.25, 0.3) is 0 Å². The van der Waals surface area contributed by atoms with Crippen molar-refractivity contribution in [3.05, 3.63) is 69.2 Å². The van der Waals surface area contributed by atoms with Crippen LogP contribution < -0.4 is 11.3 Å². The van der Waals surface area contributed by atoms with Crippen LogP contribution in [0.25, 0.3) is 0 Å². The molecule has 1 unspecified atom stereocenters. The van der Waals surface area contributed by atoms with Gasteiger partial charge in [0, 0.05) is 4.47 Å². The summed E-state index contributed by atoms with van der Waals surface area (Å²) in [5.74, 6) is 3.90. The molecule has 2 aromatic rings. The molecule has 0 aliphatic rings. The van der Waals surface area contributed by atoms with Crippen molar-refractivity contribution in [3.8, 4) is 0 Å². The second-order valence-corrected chi connectivity index (χ2v) is 5.65. The van der Waals surface area contributed by atoms with Crippen LogP contribution in [0.5, 0.6) is 0 Å². The fourth-order valence-electron chi connectivity index (χ4n) is 2.14. The zero-order valence-electron chi connectivity index (χ0n) is 11.0. The Morgan fingerprint density at radius 3 is 2.50 bits per heavy atom. The van der Waals surface area contributed by atoms with Crippen LogP contribution in [0.1, 0.15) is 22.7 Å². The van der Waals surface area contributed by atoms with Crippen LogP contribution >= 0.6 is 15.9 Å². The Hall–Kier alpha value is -1.30. The average Bonchev–Trinajstić information content (AvgIpc) is 2.38. The van der Waals surface area contributed by atoms with Crippen LogP contribution in [-0.2, 0) is 6.42 Å². The third-order valence-corrected chi connectivity index (χ3v) is 3.55. The van der Waals surface area contributed by atoms with Crippen molar-refractivity contribution in [1.29, 1.82) is 0 Å². The normalized spacial score (nSPS) is 12.4. The molecule has 106 valence electrons. The topological polar surface area (TPSA) is 38.0 Å². The van der Waals surface area contributed by atoms with Crippen molar-refractivity contribution in [2.24, 2.45) is 5.84 Å². The zero-order chi connectivity index (χ0) is 14.7. The van der Waals surface area contributed by atoms with Crippen LogP contribution in [0.2, 0.25) is 0 Å². The molecule has 2 rings (SSSR count). The van der Waals surface area contributed by atoms with E-state index in [1.807, 2.05) is 25.1 Å². The van der Waals surface area contributed by atoms with Gasteiger partial charge in [-0.3, -0.25) is 11.3 Å². The average molecular weight is 341 g/mol. The van der Waals surface area contributed by atoms with Gasteiger partial charge in [-0.15, -0.1) is 0 Å². The number of hydrazine groups is 1. The van der Waals surface area contributed by atoms with E-state index < -0.39 is 11.6 Å². The van der Waals surface area contributed by atoms with Crippen LogP contribution in [0.15, 0.2) is 40.9 Å². The monoisotopic (exact) mass is 340 g/mol. The molecule has 0 bridgehead atoms. The maximum Gasteiger partial charge on any atom is 0.159 e. The fraction of sp³-hybridized carbons (Fsp3) is 0.200. The minimum atomic E-state index is -0.844. The summed E-state index contributed by atoms with van der Waals surface area (Å²) in [6.45, 7) is 1.99. The molecule has 2 aromatic carbocycles. The molecular weight excluding hydrogens is 326 g/mol. The van der Waals surface area contributed by atoms with Gasteiger partial charge in [-0.1, -0.05) is 28.1 Å². The number of aryl methyl sites for hydroxylation is 1. The summed E-state index contributed by atoms with van der Waals surface area (Å²) >= 11 is 3.44. The first-order valence-electron chi connectivity index (χ1n) is 6.16. The van der Waals surface area contributed by atoms with Gasteiger partial charge in [0.1, 0.15) is 0 Å². The highest BCUT2D eigenvalue weighted by atomic mass is 79.9. The van der Waals surface area contributed by atoms with Gasteiger partial charge < -0.3 is 0 Å². The lowest BCUT2D eigenvalue weighted by atomic mass is 9.98. The van der Waals surface area contributed by atoms with Crippen molar-refractivity contribution in [1.82, 2.24) is 5.43 Å². The van der Waals surface area contributed by atoms with Crippen molar-refractivity contribution in [3.63, 3.8) is 0 Å². The van der Waals surface area contributed by atoms with E-state index in [0.717, 1.165) is 21.7 Å². The maximum atomic E-state index is 13.2. The second-order valence-electron chi connectivity index (χ2n) is 4.73. The van der Waals surface area contributed by atoms with Crippen LogP contribution in [0, 0.1) is 18.6 Å². The van der Waals surface area contributed by atoms with E-state index in [4.69, 9.17) is 5.84 Å². The van der Waals surface area contributed by atoms with E-state index in [-0.39, 0.29) is 6.04 Å². The first-order chi connectivity index (χ1) is 9.49. The third kappa shape index (κ3) is 3.62. The number of rotatable bonds is 4. The van der Waals surface area contributed by atoms with E-state index in [1.54, 1.807) is 6.07 Å². The smallest absolute Gasteiger partial charge is 0.159 e. The van der Waals surface area contributed by atoms with Crippen molar-refractivity contribution >= 4 is 15.9 Å². The number of hydrogen-bond donors (Lipinski definition) is 2. The minimum Gasteiger partial charge on any atom is -0.271 e. The molecule has 0 amide bonds. The third-order valence-electron chi connectivity index (χ3n) is 3.09. The fourth-order valence-corrected chi connectivity index (χ4v) is 2.77. The van der Waals surface area contributed by atoms with Gasteiger partial charge in [-0.05, 0) is 54.3 Å². The molecule has 0 saturated carbocycles. The van der Waals surface area contributed by atoms with Gasteiger partial charge in [-0.25, -0.2) is 8.78 Å². The summed E-state index contributed by atoms with van der Waals surface area (Å²) in [6.07, 6.45) is 0.476. The first kappa shape index (κ1) is 15.1. The molecule has 0 aliphatic carbocycles. The van der Waals surface area contributed by atoms with Crippen molar-refractivity contribution in [2.75, 3.05) is 0 Å². The molecule has 0 saturated heterocycles. The first-order valence-corrected chi connectivity index (χ1v) is 6.96. The Morgan fingerprint density at radius 2 is 1.90 bits per heavy atom. The molecule has 0 spiro atoms. The SMILES string of the molecule is Cc1cc(Br)cc(C(Cc2ccc(F)c(F)c2)NN)c1. The minimum absolute atomic E-state index is 0.170. The Balaban J connectivity index is 2.26. The van der Waals surface area contributed by atoms with E-state index in [9.17, 15) is 8.78 Å². The van der Waals surface area contributed by atoms with E-state index in [1.165, 1.54) is 6.07 Å². The van der Waals surface area contributed by atoms with Crippen LogP contribution in [0.3, 0.4) is 0 Å². The van der Waals surface area contributed by atoms with E-state index in [0.29, 0.717) is 12.0 Å². The Bertz CT molecular complexity index is 597. The number of hydrogen-bond acceptors (Lipinski definition) is 2. The largest absolute Gasteiger partial charge is 0.271 e. The highest BCUT2D eigenvalue weighted by molar-refractivity contribution is 9.10. The van der Waals surface area contributed by atoms with Gasteiger partial charge in [0.2, 0.25) is 0 Å². The lowest BCUT2D eigenvalue weighted by Gasteiger charge is -2.17. The molecule has 1 atom stereocenters. The quantitative estimate of drug-likeness (QED) is 0.656. The predicted octanol–water partition coefficient (Wildman–Crippen LogP) is 3.78. The lowest BCUT2D eigenvalue weighted by Crippen LogP contribution is -2.29. The maximum absolute atomic E-state index is 13.2. The molecule has 5 heteroatoms. The summed E-state index contributed by atoms with van der Waals surface area (Å²) in [7, 11) is 0. The number of nitrogens with two attached hydrogens (primary N) is 1. The second kappa shape index (κ2) is 6.43. The Kier molecular flexibility index (Phi) is 4.86. The van der Waals surface area contributed by atoms with Crippen molar-refractivity contribution < 1.29 is 8.78 Å². The van der Waals surface area contributed by atoms with E-state index in [2.05, 4.69) is 21.4 Å². The molecule has 2 nitrogen and oxygen atoms in total. The standard InChI is InChI=1S/C15H15BrF2N2/c1-9-4-11(8-12(16)5-9)15(20-19)7-10-2-3-13(17)14(18)6-10/h2-6,8,15,20H,7,19H2,1H3. The highest BCUT2D eigenvalue weighted by Crippen LogP contribution is 2.23. The Labute approximate surface area is 125 Å². The summed E-state index contributed by atoms with van der Waals surface area (Å²) in [6, 6.07) is 9.68. The molecule has 0 heterocycles. The van der Waals surface area contributed by atoms with E-state index >= 15 is 0 Å². The molecule has 3 N–H and O–H groups in total. The summed E-state index contributed by atoms with van der Waals surface area (Å²) in [4.78, 5) is 0. The van der Waals surface area contributed by atoms with Gasteiger partial charge in [0.15, 0.2) is 11.6 Å². The van der Waals surface area contributed by atoms with Crippen LogP contribution in [0.4, 0.5) is 8.78 Å². The van der Waals surface area contributed by atoms with Gasteiger partial charge in [-0.2, -0.15) is 0 Å². The van der Waals surface area contributed by atoms with Crippen molar-refractivity contribution in [2.45, 2.75) is 19.4 Å². The molecule has 0 radical (unpaired) electrons.